The molecule has 1 saturated heterocycles. The second-order valence-corrected chi connectivity index (χ2v) is 9.38. The fourth-order valence-corrected chi connectivity index (χ4v) is 3.74. The van der Waals surface area contributed by atoms with Crippen LogP contribution in [-0.2, 0) is 10.3 Å². The molecule has 0 radical (unpaired) electrons. The van der Waals surface area contributed by atoms with Crippen LogP contribution in [-0.4, -0.2) is 72.6 Å². The van der Waals surface area contributed by atoms with E-state index >= 15 is 0 Å². The summed E-state index contributed by atoms with van der Waals surface area (Å²) in [5, 5.41) is 26.1. The number of amides is 1. The van der Waals surface area contributed by atoms with E-state index in [0.717, 1.165) is 5.69 Å². The van der Waals surface area contributed by atoms with Crippen LogP contribution < -0.4 is 10.1 Å². The molecule has 1 amide bonds. The van der Waals surface area contributed by atoms with E-state index in [1.807, 2.05) is 31.6 Å². The number of nitrogens with zero attached hydrogens (tertiary/aromatic N) is 7. The summed E-state index contributed by atoms with van der Waals surface area (Å²) >= 11 is 0. The van der Waals surface area contributed by atoms with Gasteiger partial charge >= 0.3 is 0 Å². The number of alkyl halides is 1. The number of anilines is 2. The Morgan fingerprint density at radius 2 is 2.17 bits per heavy atom. The summed E-state index contributed by atoms with van der Waals surface area (Å²) in [6.07, 6.45) is 2.88. The van der Waals surface area contributed by atoms with Crippen LogP contribution >= 0.6 is 0 Å². The van der Waals surface area contributed by atoms with Gasteiger partial charge in [-0.25, -0.2) is 14.4 Å². The molecule has 0 bridgehead atoms. The van der Waals surface area contributed by atoms with Gasteiger partial charge in [-0.15, -0.1) is 0 Å². The quantitative estimate of drug-likeness (QED) is 0.528. The summed E-state index contributed by atoms with van der Waals surface area (Å²) in [5.74, 6) is 0.375. The lowest BCUT2D eigenvalue weighted by atomic mass is 10.0. The molecule has 188 valence electrons. The number of rotatable bonds is 6. The molecule has 1 aliphatic rings. The first kappa shape index (κ1) is 25.0. The number of likely N-dealkylation sites (tertiary alicyclic amines) is 1. The van der Waals surface area contributed by atoms with Gasteiger partial charge in [0.25, 0.3) is 0 Å². The maximum absolute atomic E-state index is 14.6. The molecule has 2 atom stereocenters. The van der Waals surface area contributed by atoms with Gasteiger partial charge < -0.3 is 20.1 Å². The highest BCUT2D eigenvalue weighted by Gasteiger charge is 2.33. The van der Waals surface area contributed by atoms with E-state index in [-0.39, 0.29) is 36.4 Å². The van der Waals surface area contributed by atoms with Gasteiger partial charge in [-0.2, -0.15) is 15.3 Å². The number of aromatic nitrogens is 5. The summed E-state index contributed by atoms with van der Waals surface area (Å²) in [6, 6.07) is 6.91. The van der Waals surface area contributed by atoms with Crippen LogP contribution in [0.2, 0.25) is 0 Å². The fraction of sp³-hybridized carbons (Fsp3) is 0.417. The molecular formula is C24H27FN8O3. The van der Waals surface area contributed by atoms with Crippen LogP contribution in [0.25, 0.3) is 11.4 Å². The Kier molecular flexibility index (Phi) is 7.12. The average Bonchev–Trinajstić information content (AvgIpc) is 3.34. The lowest BCUT2D eigenvalue weighted by Gasteiger charge is -2.34. The Bertz CT molecular complexity index is 1280. The number of aliphatic hydroxyl groups is 1. The molecule has 2 unspecified atom stereocenters. The van der Waals surface area contributed by atoms with Gasteiger partial charge in [0.1, 0.15) is 30.9 Å². The molecule has 12 heteroatoms. The zero-order valence-electron chi connectivity index (χ0n) is 20.2. The molecule has 0 saturated carbocycles. The van der Waals surface area contributed by atoms with Crippen LogP contribution in [0, 0.1) is 11.3 Å². The Labute approximate surface area is 207 Å². The first-order chi connectivity index (χ1) is 17.2. The lowest BCUT2D eigenvalue weighted by molar-refractivity contribution is -0.138. The van der Waals surface area contributed by atoms with Crippen molar-refractivity contribution in [3.8, 4) is 23.2 Å². The van der Waals surface area contributed by atoms with E-state index in [1.54, 1.807) is 24.4 Å². The molecule has 4 rings (SSSR count). The SMILES string of the molecule is CC(C)(C)n1cc(Nc2ncnc(-c3ccc(OC4CCN(C(=O)CO)CC4F)c(C#N)c3)n2)cn1. The van der Waals surface area contributed by atoms with E-state index in [0.29, 0.717) is 17.3 Å². The second-order valence-electron chi connectivity index (χ2n) is 9.38. The number of carbonyl (C=O) groups excluding carboxylic acids is 1. The maximum atomic E-state index is 14.6. The topological polar surface area (TPSA) is 142 Å². The first-order valence-corrected chi connectivity index (χ1v) is 11.4. The molecule has 0 spiro atoms. The van der Waals surface area contributed by atoms with Gasteiger partial charge in [0.05, 0.1) is 29.5 Å². The Hall–Kier alpha value is -4.11. The van der Waals surface area contributed by atoms with Crippen molar-refractivity contribution in [3.05, 3.63) is 42.5 Å². The van der Waals surface area contributed by atoms with Gasteiger partial charge in [0.15, 0.2) is 12.0 Å². The van der Waals surface area contributed by atoms with Crippen molar-refractivity contribution < 1.29 is 19.0 Å². The highest BCUT2D eigenvalue weighted by Crippen LogP contribution is 2.28. The van der Waals surface area contributed by atoms with E-state index < -0.39 is 24.8 Å². The summed E-state index contributed by atoms with van der Waals surface area (Å²) in [4.78, 5) is 25.7. The smallest absolute Gasteiger partial charge is 0.248 e. The fourth-order valence-electron chi connectivity index (χ4n) is 3.74. The monoisotopic (exact) mass is 494 g/mol. The number of nitriles is 1. The zero-order chi connectivity index (χ0) is 25.9. The summed E-state index contributed by atoms with van der Waals surface area (Å²) < 4.78 is 22.3. The third-order valence-electron chi connectivity index (χ3n) is 5.70. The predicted octanol–water partition coefficient (Wildman–Crippen LogP) is 2.42. The zero-order valence-corrected chi connectivity index (χ0v) is 20.2. The molecule has 1 aromatic carbocycles. The predicted molar refractivity (Wildman–Crippen MR) is 128 cm³/mol. The molecule has 11 nitrogen and oxygen atoms in total. The molecular weight excluding hydrogens is 467 g/mol. The molecule has 3 heterocycles. The van der Waals surface area contributed by atoms with E-state index in [4.69, 9.17) is 9.84 Å². The number of ether oxygens (including phenoxy) is 1. The molecule has 0 aliphatic carbocycles. The highest BCUT2D eigenvalue weighted by atomic mass is 19.1. The number of carbonyl (C=O) groups is 1. The van der Waals surface area contributed by atoms with Crippen molar-refractivity contribution in [1.82, 2.24) is 29.6 Å². The highest BCUT2D eigenvalue weighted by molar-refractivity contribution is 5.77. The summed E-state index contributed by atoms with van der Waals surface area (Å²) in [5.41, 5.74) is 1.32. The number of benzene rings is 1. The van der Waals surface area contributed by atoms with Gasteiger partial charge in [-0.1, -0.05) is 0 Å². The van der Waals surface area contributed by atoms with Crippen molar-refractivity contribution >= 4 is 17.5 Å². The minimum atomic E-state index is -1.44. The Morgan fingerprint density at radius 1 is 1.36 bits per heavy atom. The summed E-state index contributed by atoms with van der Waals surface area (Å²) in [6.45, 7) is 5.56. The Balaban J connectivity index is 1.48. The molecule has 3 aromatic rings. The standard InChI is InChI=1S/C24H27FN8O3/c1-24(2,3)33-11-17(10-29-33)30-23-28-14-27-22(31-23)15-4-5-19(16(8-15)9-26)36-20-6-7-32(12-18(20)25)21(35)13-34/h4-5,8,10-11,14,18,20,34H,6-7,12-13H2,1-3H3,(H,27,28,30,31). The molecule has 2 aromatic heterocycles. The average molecular weight is 495 g/mol. The molecule has 1 fully saturated rings. The normalized spacial score (nSPS) is 17.9. The number of hydrogen-bond donors (Lipinski definition) is 2. The third-order valence-corrected chi connectivity index (χ3v) is 5.70. The number of aliphatic hydroxyl groups excluding tert-OH is 1. The van der Waals surface area contributed by atoms with Crippen molar-refractivity contribution in [3.63, 3.8) is 0 Å². The van der Waals surface area contributed by atoms with Crippen LogP contribution in [0.15, 0.2) is 36.9 Å². The van der Waals surface area contributed by atoms with E-state index in [2.05, 4.69) is 31.4 Å². The number of hydrogen-bond acceptors (Lipinski definition) is 9. The van der Waals surface area contributed by atoms with E-state index in [9.17, 15) is 14.4 Å². The second kappa shape index (κ2) is 10.2. The molecule has 2 N–H and O–H groups in total. The largest absolute Gasteiger partial charge is 0.486 e. The van der Waals surface area contributed by atoms with Crippen LogP contribution in [0.3, 0.4) is 0 Å². The summed E-state index contributed by atoms with van der Waals surface area (Å²) in [7, 11) is 0. The number of nitrogens with one attached hydrogen (secondary N) is 1. The Morgan fingerprint density at radius 3 is 2.83 bits per heavy atom. The molecule has 1 aliphatic heterocycles. The molecule has 36 heavy (non-hydrogen) atoms. The van der Waals surface area contributed by atoms with Crippen LogP contribution in [0.5, 0.6) is 5.75 Å². The minimum absolute atomic E-state index is 0.167. The third kappa shape index (κ3) is 5.58. The first-order valence-electron chi connectivity index (χ1n) is 11.4. The van der Waals surface area contributed by atoms with E-state index in [1.165, 1.54) is 11.2 Å². The van der Waals surface area contributed by atoms with Crippen molar-refractivity contribution in [2.45, 2.75) is 45.0 Å². The lowest BCUT2D eigenvalue weighted by Crippen LogP contribution is -2.50. The minimum Gasteiger partial charge on any atom is -0.486 e. The maximum Gasteiger partial charge on any atom is 0.248 e. The van der Waals surface area contributed by atoms with Crippen molar-refractivity contribution in [2.75, 3.05) is 25.0 Å². The van der Waals surface area contributed by atoms with Crippen molar-refractivity contribution in [1.29, 1.82) is 5.26 Å². The van der Waals surface area contributed by atoms with Gasteiger partial charge in [-0.05, 0) is 39.0 Å². The van der Waals surface area contributed by atoms with Gasteiger partial charge in [0.2, 0.25) is 11.9 Å². The van der Waals surface area contributed by atoms with Gasteiger partial charge in [-0.3, -0.25) is 9.48 Å². The number of halogens is 1. The van der Waals surface area contributed by atoms with Crippen LogP contribution in [0.1, 0.15) is 32.8 Å². The van der Waals surface area contributed by atoms with Crippen molar-refractivity contribution in [2.24, 2.45) is 0 Å². The van der Waals surface area contributed by atoms with Crippen LogP contribution in [0.4, 0.5) is 16.0 Å². The van der Waals surface area contributed by atoms with Gasteiger partial charge in [0, 0.05) is 24.7 Å². The number of piperidine rings is 1.